The van der Waals surface area contributed by atoms with Gasteiger partial charge in [0.2, 0.25) is 5.89 Å². The summed E-state index contributed by atoms with van der Waals surface area (Å²) >= 11 is 0. The number of para-hydroxylation sites is 6. The smallest absolute Gasteiger partial charge is 0.227 e. The van der Waals surface area contributed by atoms with E-state index in [-0.39, 0.29) is 0 Å². The predicted molar refractivity (Wildman–Crippen MR) is 184 cm³/mol. The van der Waals surface area contributed by atoms with Crippen LogP contribution in [0, 0.1) is 0 Å². The van der Waals surface area contributed by atoms with Crippen LogP contribution in [0.2, 0.25) is 0 Å². The molecule has 0 unspecified atom stereocenters. The van der Waals surface area contributed by atoms with E-state index in [1.54, 1.807) is 0 Å². The summed E-state index contributed by atoms with van der Waals surface area (Å²) in [7, 11) is 0. The third kappa shape index (κ3) is 4.07. The number of fused-ring (bicyclic) bond motifs is 7. The fourth-order valence-electron chi connectivity index (χ4n) is 6.35. The summed E-state index contributed by atoms with van der Waals surface area (Å²) in [5, 5.41) is 4.09. The molecule has 0 aliphatic rings. The number of hydrogen-bond acceptors (Lipinski definition) is 7. The Morgan fingerprint density at radius 2 is 0.830 bits per heavy atom. The van der Waals surface area contributed by atoms with Crippen LogP contribution in [0.25, 0.3) is 101 Å². The molecule has 0 aliphatic carbocycles. The predicted octanol–water partition coefficient (Wildman–Crippen LogP) is 10.5. The van der Waals surface area contributed by atoms with E-state index in [1.807, 2.05) is 109 Å². The summed E-state index contributed by atoms with van der Waals surface area (Å²) in [5.41, 5.74) is 7.89. The van der Waals surface area contributed by atoms with Crippen LogP contribution in [0.15, 0.2) is 147 Å². The van der Waals surface area contributed by atoms with Gasteiger partial charge in [-0.05, 0) is 48.5 Å². The van der Waals surface area contributed by atoms with Gasteiger partial charge in [0.05, 0.1) is 11.1 Å². The highest BCUT2D eigenvalue weighted by molar-refractivity contribution is 6.10. The molecule has 10 rings (SSSR count). The van der Waals surface area contributed by atoms with Crippen LogP contribution >= 0.6 is 0 Å². The lowest BCUT2D eigenvalue weighted by atomic mass is 10.1. The summed E-state index contributed by atoms with van der Waals surface area (Å²) in [6, 6.07) is 43.9. The Morgan fingerprint density at radius 3 is 1.43 bits per heavy atom. The Labute approximate surface area is 266 Å². The third-order valence-corrected chi connectivity index (χ3v) is 8.61. The van der Waals surface area contributed by atoms with Crippen LogP contribution < -0.4 is 0 Å². The van der Waals surface area contributed by atoms with Crippen molar-refractivity contribution in [1.29, 1.82) is 0 Å². The van der Waals surface area contributed by atoms with Gasteiger partial charge in [0.1, 0.15) is 27.8 Å². The lowest BCUT2D eigenvalue weighted by Crippen LogP contribution is -2.00. The number of benzene rings is 6. The standard InChI is InChI=1S/C40H22N4O3/c1-4-16-32-25(9-1)27-11-7-13-29(35(27)45-32)38-42-37(23-19-21-24(22-20-23)40-41-31-15-3-6-18-34(31)47-40)43-39(44-38)30-14-8-12-28-26-10-2-5-17-33(26)46-36(28)30/h1-22H. The first-order chi connectivity index (χ1) is 23.3. The molecule has 0 radical (unpaired) electrons. The summed E-state index contributed by atoms with van der Waals surface area (Å²) in [6.45, 7) is 0. The highest BCUT2D eigenvalue weighted by Crippen LogP contribution is 2.38. The lowest BCUT2D eigenvalue weighted by Gasteiger charge is -2.09. The maximum atomic E-state index is 6.39. The van der Waals surface area contributed by atoms with Gasteiger partial charge in [0.25, 0.3) is 0 Å². The molecule has 0 N–H and O–H groups in total. The molecule has 6 aromatic carbocycles. The molecular formula is C40H22N4O3. The zero-order valence-corrected chi connectivity index (χ0v) is 24.7. The molecule has 7 nitrogen and oxygen atoms in total. The van der Waals surface area contributed by atoms with Gasteiger partial charge in [-0.25, -0.2) is 19.9 Å². The summed E-state index contributed by atoms with van der Waals surface area (Å²) in [4.78, 5) is 19.8. The molecule has 0 atom stereocenters. The van der Waals surface area contributed by atoms with E-state index in [0.717, 1.165) is 77.2 Å². The number of aromatic nitrogens is 4. The van der Waals surface area contributed by atoms with Crippen molar-refractivity contribution in [3.05, 3.63) is 133 Å². The Kier molecular flexibility index (Phi) is 5.44. The van der Waals surface area contributed by atoms with Crippen LogP contribution in [0.1, 0.15) is 0 Å². The van der Waals surface area contributed by atoms with Crippen LogP contribution in [-0.4, -0.2) is 19.9 Å². The number of nitrogens with zero attached hydrogens (tertiary/aromatic N) is 4. The first-order valence-electron chi connectivity index (χ1n) is 15.3. The molecule has 0 amide bonds. The Balaban J connectivity index is 1.18. The summed E-state index contributed by atoms with van der Waals surface area (Å²) < 4.78 is 18.8. The Bertz CT molecular complexity index is 2640. The number of hydrogen-bond donors (Lipinski definition) is 0. The average Bonchev–Trinajstić information content (AvgIpc) is 3.85. The topological polar surface area (TPSA) is 91.0 Å². The van der Waals surface area contributed by atoms with E-state index in [0.29, 0.717) is 23.4 Å². The minimum atomic E-state index is 0.505. The minimum absolute atomic E-state index is 0.505. The van der Waals surface area contributed by atoms with Gasteiger partial charge in [-0.2, -0.15) is 0 Å². The van der Waals surface area contributed by atoms with Crippen molar-refractivity contribution in [2.45, 2.75) is 0 Å². The van der Waals surface area contributed by atoms with E-state index in [4.69, 9.17) is 28.2 Å². The van der Waals surface area contributed by atoms with Crippen molar-refractivity contribution in [2.24, 2.45) is 0 Å². The van der Waals surface area contributed by atoms with Gasteiger partial charge in [0.15, 0.2) is 23.1 Å². The van der Waals surface area contributed by atoms with Crippen LogP contribution in [-0.2, 0) is 0 Å². The van der Waals surface area contributed by atoms with Crippen molar-refractivity contribution in [2.75, 3.05) is 0 Å². The second kappa shape index (κ2) is 9.95. The first-order valence-corrected chi connectivity index (χ1v) is 15.3. The zero-order chi connectivity index (χ0) is 30.9. The van der Waals surface area contributed by atoms with Gasteiger partial charge in [-0.15, -0.1) is 0 Å². The molecule has 0 spiro atoms. The summed E-state index contributed by atoms with van der Waals surface area (Å²) in [5.74, 6) is 2.09. The average molecular weight is 607 g/mol. The van der Waals surface area contributed by atoms with Crippen molar-refractivity contribution in [3.63, 3.8) is 0 Å². The van der Waals surface area contributed by atoms with Crippen molar-refractivity contribution in [3.8, 4) is 45.6 Å². The molecule has 0 saturated carbocycles. The van der Waals surface area contributed by atoms with Gasteiger partial charge in [-0.1, -0.05) is 84.9 Å². The largest absolute Gasteiger partial charge is 0.455 e. The molecule has 0 bridgehead atoms. The van der Waals surface area contributed by atoms with Crippen LogP contribution in [0.4, 0.5) is 0 Å². The van der Waals surface area contributed by atoms with E-state index in [1.165, 1.54) is 0 Å². The fraction of sp³-hybridized carbons (Fsp3) is 0. The molecule has 10 aromatic rings. The molecule has 0 aliphatic heterocycles. The molecule has 220 valence electrons. The third-order valence-electron chi connectivity index (χ3n) is 8.61. The molecular weight excluding hydrogens is 584 g/mol. The fourth-order valence-corrected chi connectivity index (χ4v) is 6.35. The lowest BCUT2D eigenvalue weighted by molar-refractivity contribution is 0.620. The quantitative estimate of drug-likeness (QED) is 0.197. The molecule has 7 heteroatoms. The molecule has 4 aromatic heterocycles. The van der Waals surface area contributed by atoms with Crippen molar-refractivity contribution < 1.29 is 13.3 Å². The highest BCUT2D eigenvalue weighted by atomic mass is 16.3. The van der Waals surface area contributed by atoms with E-state index < -0.39 is 0 Å². The molecule has 47 heavy (non-hydrogen) atoms. The first kappa shape index (κ1) is 25.7. The number of oxazole rings is 1. The van der Waals surface area contributed by atoms with E-state index >= 15 is 0 Å². The van der Waals surface area contributed by atoms with Gasteiger partial charge in [-0.3, -0.25) is 0 Å². The molecule has 0 saturated heterocycles. The second-order valence-corrected chi connectivity index (χ2v) is 11.4. The van der Waals surface area contributed by atoms with Crippen LogP contribution in [0.3, 0.4) is 0 Å². The Hall–Kier alpha value is -6.60. The normalized spacial score (nSPS) is 11.8. The Morgan fingerprint density at radius 1 is 0.340 bits per heavy atom. The number of furan rings is 2. The monoisotopic (exact) mass is 606 g/mol. The molecule has 0 fully saturated rings. The van der Waals surface area contributed by atoms with E-state index in [9.17, 15) is 0 Å². The maximum absolute atomic E-state index is 6.39. The zero-order valence-electron chi connectivity index (χ0n) is 24.7. The van der Waals surface area contributed by atoms with Gasteiger partial charge >= 0.3 is 0 Å². The summed E-state index contributed by atoms with van der Waals surface area (Å²) in [6.07, 6.45) is 0. The van der Waals surface area contributed by atoms with Crippen molar-refractivity contribution >= 4 is 55.0 Å². The number of rotatable bonds is 4. The SMILES string of the molecule is c1ccc2oc(-c3ccc(-c4nc(-c5cccc6c5oc5ccccc56)nc(-c5cccc6c5oc5ccccc56)n4)cc3)nc2c1. The van der Waals surface area contributed by atoms with Crippen LogP contribution in [0.5, 0.6) is 0 Å². The van der Waals surface area contributed by atoms with Gasteiger partial charge in [0, 0.05) is 32.7 Å². The highest BCUT2D eigenvalue weighted by Gasteiger charge is 2.20. The minimum Gasteiger partial charge on any atom is -0.455 e. The molecule has 4 heterocycles. The van der Waals surface area contributed by atoms with E-state index in [2.05, 4.69) is 29.2 Å². The maximum Gasteiger partial charge on any atom is 0.227 e. The van der Waals surface area contributed by atoms with Gasteiger partial charge < -0.3 is 13.3 Å². The van der Waals surface area contributed by atoms with Crippen molar-refractivity contribution in [1.82, 2.24) is 19.9 Å². The second-order valence-electron chi connectivity index (χ2n) is 11.4.